The number of anilines is 1. The van der Waals surface area contributed by atoms with Crippen LogP contribution in [0, 0.1) is 0 Å². The fourth-order valence-electron chi connectivity index (χ4n) is 3.23. The lowest BCUT2D eigenvalue weighted by Gasteiger charge is -2.12. The van der Waals surface area contributed by atoms with E-state index in [9.17, 15) is 8.42 Å². The van der Waals surface area contributed by atoms with Gasteiger partial charge in [0, 0.05) is 22.0 Å². The van der Waals surface area contributed by atoms with Gasteiger partial charge in [0.15, 0.2) is 0 Å². The number of hydrogen-bond acceptors (Lipinski definition) is 4. The second-order valence-electron chi connectivity index (χ2n) is 6.91. The van der Waals surface area contributed by atoms with E-state index in [-0.39, 0.29) is 11.5 Å². The smallest absolute Gasteiger partial charge is 0.250 e. The first kappa shape index (κ1) is 17.3. The summed E-state index contributed by atoms with van der Waals surface area (Å²) < 4.78 is 28.8. The molecule has 1 aromatic heterocycles. The molecule has 134 valence electrons. The van der Waals surface area contributed by atoms with Crippen LogP contribution in [0.25, 0.3) is 10.4 Å². The molecular formula is C20H20N2O2S2. The first-order valence-electron chi connectivity index (χ1n) is 8.42. The minimum atomic E-state index is -3.54. The van der Waals surface area contributed by atoms with Crippen LogP contribution in [0.3, 0.4) is 0 Å². The van der Waals surface area contributed by atoms with Crippen molar-refractivity contribution in [3.05, 3.63) is 72.3 Å². The molecule has 0 radical (unpaired) electrons. The Labute approximate surface area is 157 Å². The van der Waals surface area contributed by atoms with Crippen LogP contribution in [0.1, 0.15) is 18.9 Å². The molecule has 4 nitrogen and oxygen atoms in total. The van der Waals surface area contributed by atoms with Crippen LogP contribution in [0.15, 0.2) is 70.9 Å². The number of sulfonamides is 1. The molecule has 0 spiro atoms. The van der Waals surface area contributed by atoms with Crippen molar-refractivity contribution >= 4 is 27.0 Å². The maximum absolute atomic E-state index is 12.8. The highest BCUT2D eigenvalue weighted by Crippen LogP contribution is 2.48. The van der Waals surface area contributed by atoms with Crippen molar-refractivity contribution < 1.29 is 8.42 Å². The number of hydrogen-bond donors (Lipinski definition) is 2. The highest BCUT2D eigenvalue weighted by molar-refractivity contribution is 7.91. The molecule has 1 aliphatic carbocycles. The van der Waals surface area contributed by atoms with Gasteiger partial charge in [-0.2, -0.15) is 0 Å². The molecule has 1 fully saturated rings. The van der Waals surface area contributed by atoms with Crippen molar-refractivity contribution in [1.82, 2.24) is 4.72 Å². The van der Waals surface area contributed by atoms with Gasteiger partial charge in [-0.15, -0.1) is 11.3 Å². The van der Waals surface area contributed by atoms with E-state index in [1.165, 1.54) is 16.9 Å². The molecule has 6 heteroatoms. The standard InChI is InChI=1S/C20H20N2O2S2/c1-20(15-7-3-2-4-8-15)13-18(20)22-26(23,24)19-11-10-17(25-19)14-6-5-9-16(21)12-14/h2-12,18,22H,13,21H2,1H3/t18-,20+/m0/s1. The second kappa shape index (κ2) is 6.23. The second-order valence-corrected chi connectivity index (χ2v) is 9.93. The number of thiophene rings is 1. The van der Waals surface area contributed by atoms with Crippen molar-refractivity contribution in [2.75, 3.05) is 5.73 Å². The molecule has 3 N–H and O–H groups in total. The fraction of sp³-hybridized carbons (Fsp3) is 0.200. The van der Waals surface area contributed by atoms with E-state index in [4.69, 9.17) is 5.73 Å². The maximum atomic E-state index is 12.8. The molecule has 26 heavy (non-hydrogen) atoms. The highest BCUT2D eigenvalue weighted by atomic mass is 32.2. The quantitative estimate of drug-likeness (QED) is 0.653. The first-order chi connectivity index (χ1) is 12.4. The van der Waals surface area contributed by atoms with Crippen molar-refractivity contribution in [2.24, 2.45) is 0 Å². The Morgan fingerprint density at radius 3 is 2.58 bits per heavy atom. The van der Waals surface area contributed by atoms with Crippen LogP contribution in [0.5, 0.6) is 0 Å². The van der Waals surface area contributed by atoms with Crippen molar-refractivity contribution in [1.29, 1.82) is 0 Å². The minimum absolute atomic E-state index is 0.0761. The molecule has 3 aromatic rings. The van der Waals surface area contributed by atoms with E-state index in [1.54, 1.807) is 6.07 Å². The summed E-state index contributed by atoms with van der Waals surface area (Å²) in [5.41, 5.74) is 8.44. The van der Waals surface area contributed by atoms with E-state index in [1.807, 2.05) is 48.5 Å². The highest BCUT2D eigenvalue weighted by Gasteiger charge is 2.53. The Hall–Kier alpha value is -2.15. The van der Waals surface area contributed by atoms with Gasteiger partial charge >= 0.3 is 0 Å². The van der Waals surface area contributed by atoms with Crippen LogP contribution in [0.4, 0.5) is 5.69 Å². The van der Waals surface area contributed by atoms with Gasteiger partial charge in [-0.1, -0.05) is 49.4 Å². The molecule has 4 rings (SSSR count). The Kier molecular flexibility index (Phi) is 4.14. The molecular weight excluding hydrogens is 364 g/mol. The number of nitrogen functional groups attached to an aromatic ring is 1. The summed E-state index contributed by atoms with van der Waals surface area (Å²) in [6.07, 6.45) is 0.809. The molecule has 2 aromatic carbocycles. The van der Waals surface area contributed by atoms with Crippen molar-refractivity contribution in [3.8, 4) is 10.4 Å². The topological polar surface area (TPSA) is 72.2 Å². The molecule has 0 aliphatic heterocycles. The summed E-state index contributed by atoms with van der Waals surface area (Å²) in [6.45, 7) is 2.10. The Morgan fingerprint density at radius 1 is 1.08 bits per heavy atom. The molecule has 0 amide bonds. The van der Waals surface area contributed by atoms with Gasteiger partial charge in [-0.25, -0.2) is 13.1 Å². The van der Waals surface area contributed by atoms with Crippen LogP contribution in [-0.4, -0.2) is 14.5 Å². The van der Waals surface area contributed by atoms with Gasteiger partial charge < -0.3 is 5.73 Å². The summed E-state index contributed by atoms with van der Waals surface area (Å²) in [5.74, 6) is 0. The van der Waals surface area contributed by atoms with Crippen LogP contribution < -0.4 is 10.5 Å². The number of benzene rings is 2. The molecule has 1 aliphatic rings. The Bertz CT molecular complexity index is 1040. The van der Waals surface area contributed by atoms with E-state index in [0.717, 1.165) is 16.9 Å². The zero-order valence-electron chi connectivity index (χ0n) is 14.3. The zero-order chi connectivity index (χ0) is 18.4. The molecule has 1 heterocycles. The number of nitrogens with two attached hydrogens (primary N) is 1. The number of rotatable bonds is 5. The predicted octanol–water partition coefficient (Wildman–Crippen LogP) is 4.01. The monoisotopic (exact) mass is 384 g/mol. The lowest BCUT2D eigenvalue weighted by molar-refractivity contribution is 0.576. The lowest BCUT2D eigenvalue weighted by Crippen LogP contribution is -2.29. The lowest BCUT2D eigenvalue weighted by atomic mass is 9.98. The van der Waals surface area contributed by atoms with Crippen LogP contribution in [-0.2, 0) is 15.4 Å². The Morgan fingerprint density at radius 2 is 1.85 bits per heavy atom. The van der Waals surface area contributed by atoms with Gasteiger partial charge in [-0.3, -0.25) is 0 Å². The zero-order valence-corrected chi connectivity index (χ0v) is 16.0. The first-order valence-corrected chi connectivity index (χ1v) is 10.7. The molecule has 0 unspecified atom stereocenters. The summed E-state index contributed by atoms with van der Waals surface area (Å²) >= 11 is 1.26. The SMILES string of the molecule is C[C@]1(c2ccccc2)C[C@@H]1NS(=O)(=O)c1ccc(-c2cccc(N)c2)s1. The third kappa shape index (κ3) is 3.16. The Balaban J connectivity index is 1.54. The van der Waals surface area contributed by atoms with Crippen molar-refractivity contribution in [3.63, 3.8) is 0 Å². The summed E-state index contributed by atoms with van der Waals surface area (Å²) in [4.78, 5) is 0.888. The summed E-state index contributed by atoms with van der Waals surface area (Å²) in [7, 11) is -3.54. The molecule has 2 atom stereocenters. The van der Waals surface area contributed by atoms with E-state index in [2.05, 4.69) is 23.8 Å². The molecule has 0 saturated heterocycles. The largest absolute Gasteiger partial charge is 0.399 e. The van der Waals surface area contributed by atoms with Gasteiger partial charge in [0.25, 0.3) is 0 Å². The maximum Gasteiger partial charge on any atom is 0.250 e. The van der Waals surface area contributed by atoms with E-state index in [0.29, 0.717) is 9.90 Å². The van der Waals surface area contributed by atoms with Gasteiger partial charge in [0.1, 0.15) is 4.21 Å². The number of nitrogens with one attached hydrogen (secondary N) is 1. The van der Waals surface area contributed by atoms with Crippen molar-refractivity contribution in [2.45, 2.75) is 29.0 Å². The van der Waals surface area contributed by atoms with Crippen LogP contribution in [0.2, 0.25) is 0 Å². The average molecular weight is 385 g/mol. The average Bonchev–Trinajstić information content (AvgIpc) is 3.06. The fourth-order valence-corrected chi connectivity index (χ4v) is 5.90. The molecule has 0 bridgehead atoms. The predicted molar refractivity (Wildman–Crippen MR) is 107 cm³/mol. The van der Waals surface area contributed by atoms with Gasteiger partial charge in [-0.05, 0) is 41.8 Å². The van der Waals surface area contributed by atoms with Gasteiger partial charge in [0.05, 0.1) is 0 Å². The minimum Gasteiger partial charge on any atom is -0.399 e. The summed E-state index contributed by atoms with van der Waals surface area (Å²) in [5, 5.41) is 0. The summed E-state index contributed by atoms with van der Waals surface area (Å²) in [6, 6.07) is 20.9. The third-order valence-corrected chi connectivity index (χ3v) is 8.08. The van der Waals surface area contributed by atoms with E-state index >= 15 is 0 Å². The van der Waals surface area contributed by atoms with Crippen LogP contribution >= 0.6 is 11.3 Å². The normalized spacial score (nSPS) is 22.3. The molecule has 1 saturated carbocycles. The van der Waals surface area contributed by atoms with E-state index < -0.39 is 10.0 Å². The third-order valence-electron chi connectivity index (χ3n) is 4.99. The van der Waals surface area contributed by atoms with Gasteiger partial charge in [0.2, 0.25) is 10.0 Å².